The number of hydrogen-bond acceptors (Lipinski definition) is 2. The van der Waals surface area contributed by atoms with Crippen molar-refractivity contribution in [2.45, 2.75) is 6.54 Å². The molecule has 25 heavy (non-hydrogen) atoms. The Labute approximate surface area is 149 Å². The summed E-state index contributed by atoms with van der Waals surface area (Å²) in [4.78, 5) is 0. The lowest BCUT2D eigenvalue weighted by Gasteiger charge is -2.22. The molecule has 0 unspecified atom stereocenters. The van der Waals surface area contributed by atoms with Crippen LogP contribution in [0.4, 0.5) is 0 Å². The largest absolute Gasteiger partial charge is 0.309 e. The number of rotatable bonds is 7. The van der Waals surface area contributed by atoms with Crippen LogP contribution in [-0.4, -0.2) is 6.54 Å². The summed E-state index contributed by atoms with van der Waals surface area (Å²) in [5, 5.41) is 5.94. The van der Waals surface area contributed by atoms with E-state index in [-0.39, 0.29) is 0 Å². The van der Waals surface area contributed by atoms with Gasteiger partial charge in [-0.2, -0.15) is 0 Å². The van der Waals surface area contributed by atoms with Gasteiger partial charge < -0.3 is 9.88 Å². The van der Waals surface area contributed by atoms with Crippen molar-refractivity contribution in [3.05, 3.63) is 103 Å². The van der Waals surface area contributed by atoms with Crippen LogP contribution in [0.3, 0.4) is 0 Å². The third-order valence-electron chi connectivity index (χ3n) is 4.17. The molecule has 0 fully saturated rings. The lowest BCUT2D eigenvalue weighted by atomic mass is 10.2. The molecule has 126 valence electrons. The zero-order valence-electron chi connectivity index (χ0n) is 14.1. The number of nitrogens with one attached hydrogen (secondary N) is 1. The monoisotopic (exact) mass is 347 g/mol. The molecule has 0 saturated carbocycles. The van der Waals surface area contributed by atoms with Crippen LogP contribution in [0.15, 0.2) is 97.6 Å². The van der Waals surface area contributed by atoms with Gasteiger partial charge in [0.1, 0.15) is 0 Å². The van der Waals surface area contributed by atoms with Gasteiger partial charge in [-0.15, -0.1) is 6.58 Å². The van der Waals surface area contributed by atoms with Crippen LogP contribution in [0.2, 0.25) is 0 Å². The molecular formula is C22H22NOP. The molecule has 1 N–H and O–H groups in total. The van der Waals surface area contributed by atoms with Crippen LogP contribution < -0.4 is 21.2 Å². The fraction of sp³-hybridized carbons (Fsp3) is 0.0909. The summed E-state index contributed by atoms with van der Waals surface area (Å²) in [6.07, 6.45) is 1.83. The van der Waals surface area contributed by atoms with E-state index < -0.39 is 7.14 Å². The Hall–Kier alpha value is -2.41. The molecule has 0 aliphatic rings. The second-order valence-corrected chi connectivity index (χ2v) is 8.56. The molecule has 0 saturated heterocycles. The molecule has 0 amide bonds. The highest BCUT2D eigenvalue weighted by molar-refractivity contribution is 7.85. The molecule has 0 spiro atoms. The molecule has 0 atom stereocenters. The maximum Gasteiger partial charge on any atom is 0.171 e. The lowest BCUT2D eigenvalue weighted by Crippen LogP contribution is -2.29. The maximum atomic E-state index is 14.4. The molecule has 2 nitrogen and oxygen atoms in total. The van der Waals surface area contributed by atoms with Gasteiger partial charge in [0, 0.05) is 29.0 Å². The average molecular weight is 347 g/mol. The fourth-order valence-corrected chi connectivity index (χ4v) is 5.87. The lowest BCUT2D eigenvalue weighted by molar-refractivity contribution is 0.592. The molecule has 0 heterocycles. The van der Waals surface area contributed by atoms with Gasteiger partial charge in [0.15, 0.2) is 7.14 Å². The van der Waals surface area contributed by atoms with Gasteiger partial charge in [-0.3, -0.25) is 0 Å². The van der Waals surface area contributed by atoms with E-state index in [4.69, 9.17) is 0 Å². The second-order valence-electron chi connectivity index (χ2n) is 5.83. The fourth-order valence-electron chi connectivity index (χ4n) is 2.98. The van der Waals surface area contributed by atoms with E-state index in [1.807, 2.05) is 91.0 Å². The summed E-state index contributed by atoms with van der Waals surface area (Å²) >= 11 is 0. The Bertz CT molecular complexity index is 831. The summed E-state index contributed by atoms with van der Waals surface area (Å²) in [5.41, 5.74) is 1.06. The van der Waals surface area contributed by atoms with Crippen LogP contribution in [0.5, 0.6) is 0 Å². The van der Waals surface area contributed by atoms with E-state index in [0.29, 0.717) is 6.54 Å². The average Bonchev–Trinajstić information content (AvgIpc) is 2.69. The van der Waals surface area contributed by atoms with Crippen molar-refractivity contribution in [2.75, 3.05) is 6.54 Å². The van der Waals surface area contributed by atoms with Gasteiger partial charge in [-0.1, -0.05) is 91.0 Å². The van der Waals surface area contributed by atoms with Crippen LogP contribution in [0.25, 0.3) is 0 Å². The van der Waals surface area contributed by atoms with Gasteiger partial charge in [0.25, 0.3) is 0 Å². The molecule has 0 aliphatic heterocycles. The standard InChI is InChI=1S/C22H22NOP/c1-2-17-23-18-19-11-9-10-16-22(19)25(24,20-12-5-3-6-13-20)21-14-7-4-8-15-21/h2-16,23H,1,17-18H2. The topological polar surface area (TPSA) is 29.1 Å². The van der Waals surface area contributed by atoms with Gasteiger partial charge in [-0.05, 0) is 5.56 Å². The number of benzene rings is 3. The van der Waals surface area contributed by atoms with Crippen molar-refractivity contribution in [1.29, 1.82) is 0 Å². The molecule has 3 aromatic rings. The summed E-state index contributed by atoms with van der Waals surface area (Å²) in [7, 11) is -2.93. The summed E-state index contributed by atoms with van der Waals surface area (Å²) in [5.74, 6) is 0. The van der Waals surface area contributed by atoms with Crippen molar-refractivity contribution in [3.8, 4) is 0 Å². The van der Waals surface area contributed by atoms with Crippen molar-refractivity contribution in [2.24, 2.45) is 0 Å². The quantitative estimate of drug-likeness (QED) is 0.402. The third kappa shape index (κ3) is 3.66. The highest BCUT2D eigenvalue weighted by atomic mass is 31.2. The minimum atomic E-state index is -2.93. The Morgan fingerprint density at radius 3 is 1.88 bits per heavy atom. The van der Waals surface area contributed by atoms with E-state index in [1.165, 1.54) is 0 Å². The van der Waals surface area contributed by atoms with E-state index >= 15 is 0 Å². The first-order valence-electron chi connectivity index (χ1n) is 8.38. The minimum Gasteiger partial charge on any atom is -0.309 e. The normalized spacial score (nSPS) is 11.2. The Morgan fingerprint density at radius 2 is 1.32 bits per heavy atom. The highest BCUT2D eigenvalue weighted by Gasteiger charge is 2.31. The van der Waals surface area contributed by atoms with Gasteiger partial charge in [-0.25, -0.2) is 0 Å². The Morgan fingerprint density at radius 1 is 0.800 bits per heavy atom. The van der Waals surface area contributed by atoms with Crippen molar-refractivity contribution in [3.63, 3.8) is 0 Å². The number of hydrogen-bond donors (Lipinski definition) is 1. The van der Waals surface area contributed by atoms with Gasteiger partial charge in [0.05, 0.1) is 0 Å². The van der Waals surface area contributed by atoms with Crippen LogP contribution in [-0.2, 0) is 11.1 Å². The van der Waals surface area contributed by atoms with Crippen LogP contribution >= 0.6 is 7.14 Å². The summed E-state index contributed by atoms with van der Waals surface area (Å²) < 4.78 is 14.4. The maximum absolute atomic E-state index is 14.4. The molecular weight excluding hydrogens is 325 g/mol. The predicted octanol–water partition coefficient (Wildman–Crippen LogP) is 3.60. The summed E-state index contributed by atoms with van der Waals surface area (Å²) in [6, 6.07) is 27.5. The van der Waals surface area contributed by atoms with Gasteiger partial charge >= 0.3 is 0 Å². The van der Waals surface area contributed by atoms with E-state index in [2.05, 4.69) is 11.9 Å². The van der Waals surface area contributed by atoms with Crippen LogP contribution in [0, 0.1) is 0 Å². The molecule has 0 aromatic heterocycles. The Kier molecular flexibility index (Phi) is 5.65. The zero-order chi connectivity index (χ0) is 17.5. The SMILES string of the molecule is C=CCNCc1ccccc1P(=O)(c1ccccc1)c1ccccc1. The Balaban J connectivity index is 2.17. The van der Waals surface area contributed by atoms with Crippen molar-refractivity contribution < 1.29 is 4.57 Å². The molecule has 0 radical (unpaired) electrons. The molecule has 3 aromatic carbocycles. The van der Waals surface area contributed by atoms with Gasteiger partial charge in [0.2, 0.25) is 0 Å². The zero-order valence-corrected chi connectivity index (χ0v) is 15.0. The van der Waals surface area contributed by atoms with E-state index in [1.54, 1.807) is 0 Å². The predicted molar refractivity (Wildman–Crippen MR) is 108 cm³/mol. The second kappa shape index (κ2) is 8.11. The first-order valence-corrected chi connectivity index (χ1v) is 10.1. The molecule has 3 rings (SSSR count). The highest BCUT2D eigenvalue weighted by Crippen LogP contribution is 2.43. The first kappa shape index (κ1) is 17.4. The van der Waals surface area contributed by atoms with E-state index in [9.17, 15) is 4.57 Å². The van der Waals surface area contributed by atoms with Crippen molar-refractivity contribution in [1.82, 2.24) is 5.32 Å². The summed E-state index contributed by atoms with van der Waals surface area (Å²) in [6.45, 7) is 5.12. The van der Waals surface area contributed by atoms with Crippen molar-refractivity contribution >= 4 is 23.1 Å². The minimum absolute atomic E-state index is 0.659. The third-order valence-corrected chi connectivity index (χ3v) is 7.34. The molecule has 0 aliphatic carbocycles. The van der Waals surface area contributed by atoms with E-state index in [0.717, 1.165) is 28.0 Å². The first-order chi connectivity index (χ1) is 12.3. The smallest absolute Gasteiger partial charge is 0.171 e. The molecule has 3 heteroatoms. The molecule has 0 bridgehead atoms. The van der Waals surface area contributed by atoms with Crippen LogP contribution in [0.1, 0.15) is 5.56 Å².